The van der Waals surface area contributed by atoms with Crippen molar-refractivity contribution < 1.29 is 14.3 Å². The maximum atomic E-state index is 13.2. The number of likely N-dealkylation sites (tertiary alicyclic amines) is 1. The molecule has 2 N–H and O–H groups in total. The van der Waals surface area contributed by atoms with Crippen molar-refractivity contribution in [1.82, 2.24) is 9.80 Å². The Morgan fingerprint density at radius 2 is 1.78 bits per heavy atom. The molecule has 2 aliphatic heterocycles. The molecule has 1 aromatic rings. The second-order valence-corrected chi connectivity index (χ2v) is 7.21. The van der Waals surface area contributed by atoms with E-state index in [0.717, 1.165) is 24.8 Å². The normalized spacial score (nSPS) is 22.5. The van der Waals surface area contributed by atoms with Gasteiger partial charge in [-0.05, 0) is 24.8 Å². The summed E-state index contributed by atoms with van der Waals surface area (Å²) in [4.78, 5) is 29.7. The minimum Gasteiger partial charge on any atom is -0.378 e. The Morgan fingerprint density at radius 3 is 2.44 bits per heavy atom. The van der Waals surface area contributed by atoms with Crippen molar-refractivity contribution >= 4 is 24.2 Å². The number of carbonyl (C=O) groups is 2. The number of rotatable bonds is 4. The molecular weight excluding hydrogens is 366 g/mol. The molecule has 0 radical (unpaired) electrons. The van der Waals surface area contributed by atoms with Gasteiger partial charge in [-0.15, -0.1) is 12.4 Å². The highest BCUT2D eigenvalue weighted by molar-refractivity contribution is 5.89. The molecule has 2 fully saturated rings. The lowest BCUT2D eigenvalue weighted by molar-refractivity contribution is -0.152. The third kappa shape index (κ3) is 5.00. The van der Waals surface area contributed by atoms with Gasteiger partial charge in [-0.25, -0.2) is 0 Å². The fourth-order valence-corrected chi connectivity index (χ4v) is 3.83. The highest BCUT2D eigenvalue weighted by atomic mass is 35.5. The standard InChI is InChI=1S/C20H29N3O3.ClH/c1-15(18(21)16-7-3-2-4-8-16)19(24)23-10-6-5-9-17(23)20(25)22-11-13-26-14-12-22;/h2-4,7-8,15,17-18H,5-6,9-14,21H2,1H3;1H. The number of hydrogen-bond donors (Lipinski definition) is 1. The van der Waals surface area contributed by atoms with E-state index in [-0.39, 0.29) is 42.2 Å². The molecule has 6 nitrogen and oxygen atoms in total. The van der Waals surface area contributed by atoms with Crippen molar-refractivity contribution in [3.63, 3.8) is 0 Å². The Hall–Kier alpha value is -1.63. The van der Waals surface area contributed by atoms with Crippen LogP contribution < -0.4 is 5.73 Å². The molecule has 1 aromatic carbocycles. The van der Waals surface area contributed by atoms with Crippen LogP contribution in [0.25, 0.3) is 0 Å². The van der Waals surface area contributed by atoms with Crippen LogP contribution in [0, 0.1) is 5.92 Å². The molecule has 2 saturated heterocycles. The molecular formula is C20H30ClN3O3. The first-order chi connectivity index (χ1) is 12.6. The number of benzene rings is 1. The van der Waals surface area contributed by atoms with E-state index in [1.165, 1.54) is 0 Å². The zero-order valence-electron chi connectivity index (χ0n) is 15.9. The molecule has 3 unspecified atom stereocenters. The zero-order chi connectivity index (χ0) is 18.5. The Morgan fingerprint density at radius 1 is 1.11 bits per heavy atom. The van der Waals surface area contributed by atoms with Gasteiger partial charge in [-0.1, -0.05) is 37.3 Å². The van der Waals surface area contributed by atoms with E-state index in [2.05, 4.69) is 0 Å². The number of morpholine rings is 1. The summed E-state index contributed by atoms with van der Waals surface area (Å²) in [5.74, 6) is -0.329. The van der Waals surface area contributed by atoms with E-state index in [0.29, 0.717) is 32.8 Å². The smallest absolute Gasteiger partial charge is 0.245 e. The number of nitrogens with zero attached hydrogens (tertiary/aromatic N) is 2. The molecule has 3 rings (SSSR count). The molecule has 0 bridgehead atoms. The van der Waals surface area contributed by atoms with Gasteiger partial charge in [-0.2, -0.15) is 0 Å². The topological polar surface area (TPSA) is 75.9 Å². The van der Waals surface area contributed by atoms with Crippen LogP contribution in [0.3, 0.4) is 0 Å². The van der Waals surface area contributed by atoms with Crippen LogP contribution >= 0.6 is 12.4 Å². The highest BCUT2D eigenvalue weighted by Crippen LogP contribution is 2.26. The molecule has 3 atom stereocenters. The average Bonchev–Trinajstić information content (AvgIpc) is 2.73. The molecule has 150 valence electrons. The van der Waals surface area contributed by atoms with Crippen LogP contribution in [0.1, 0.15) is 37.8 Å². The van der Waals surface area contributed by atoms with Crippen LogP contribution in [0.5, 0.6) is 0 Å². The number of ether oxygens (including phenoxy) is 1. The number of halogens is 1. The van der Waals surface area contributed by atoms with E-state index in [1.54, 1.807) is 4.90 Å². The summed E-state index contributed by atoms with van der Waals surface area (Å²) in [6.07, 6.45) is 2.64. The Balaban J connectivity index is 0.00000261. The van der Waals surface area contributed by atoms with Crippen LogP contribution in [0.2, 0.25) is 0 Å². The first-order valence-electron chi connectivity index (χ1n) is 9.57. The third-order valence-electron chi connectivity index (χ3n) is 5.51. The van der Waals surface area contributed by atoms with E-state index in [1.807, 2.05) is 42.2 Å². The summed E-state index contributed by atoms with van der Waals surface area (Å²) < 4.78 is 5.34. The van der Waals surface area contributed by atoms with Gasteiger partial charge in [0.2, 0.25) is 11.8 Å². The van der Waals surface area contributed by atoms with Gasteiger partial charge < -0.3 is 20.3 Å². The molecule has 0 aromatic heterocycles. The predicted octanol–water partition coefficient (Wildman–Crippen LogP) is 1.98. The van der Waals surface area contributed by atoms with Crippen LogP contribution in [0.4, 0.5) is 0 Å². The number of piperidine rings is 1. The van der Waals surface area contributed by atoms with Crippen molar-refractivity contribution in [2.24, 2.45) is 11.7 Å². The SMILES string of the molecule is CC(C(=O)N1CCCCC1C(=O)N1CCOCC1)C(N)c1ccccc1.Cl. The van der Waals surface area contributed by atoms with Crippen LogP contribution in [0.15, 0.2) is 30.3 Å². The van der Waals surface area contributed by atoms with E-state index < -0.39 is 0 Å². The first kappa shape index (κ1) is 21.7. The molecule has 2 aliphatic rings. The zero-order valence-corrected chi connectivity index (χ0v) is 16.7. The molecule has 7 heteroatoms. The fourth-order valence-electron chi connectivity index (χ4n) is 3.83. The highest BCUT2D eigenvalue weighted by Gasteiger charge is 2.38. The number of hydrogen-bond acceptors (Lipinski definition) is 4. The second-order valence-electron chi connectivity index (χ2n) is 7.21. The minimum atomic E-state index is -0.371. The van der Waals surface area contributed by atoms with Gasteiger partial charge in [0.25, 0.3) is 0 Å². The van der Waals surface area contributed by atoms with Gasteiger partial charge in [0.05, 0.1) is 19.1 Å². The number of nitrogens with two attached hydrogens (primary N) is 1. The third-order valence-corrected chi connectivity index (χ3v) is 5.51. The Kier molecular flexibility index (Phi) is 8.07. The lowest BCUT2D eigenvalue weighted by Gasteiger charge is -2.40. The number of carbonyl (C=O) groups excluding carboxylic acids is 2. The lowest BCUT2D eigenvalue weighted by atomic mass is 9.91. The van der Waals surface area contributed by atoms with E-state index in [9.17, 15) is 9.59 Å². The molecule has 0 spiro atoms. The van der Waals surface area contributed by atoms with Gasteiger partial charge in [-0.3, -0.25) is 9.59 Å². The summed E-state index contributed by atoms with van der Waals surface area (Å²) in [6.45, 7) is 4.85. The van der Waals surface area contributed by atoms with Crippen molar-refractivity contribution in [3.8, 4) is 0 Å². The fraction of sp³-hybridized carbons (Fsp3) is 0.600. The summed E-state index contributed by atoms with van der Waals surface area (Å²) in [7, 11) is 0. The average molecular weight is 396 g/mol. The van der Waals surface area contributed by atoms with E-state index in [4.69, 9.17) is 10.5 Å². The maximum absolute atomic E-state index is 13.2. The van der Waals surface area contributed by atoms with Crippen LogP contribution in [-0.2, 0) is 14.3 Å². The van der Waals surface area contributed by atoms with Gasteiger partial charge in [0.15, 0.2) is 0 Å². The van der Waals surface area contributed by atoms with Crippen molar-refractivity contribution in [2.45, 2.75) is 38.3 Å². The van der Waals surface area contributed by atoms with Crippen molar-refractivity contribution in [1.29, 1.82) is 0 Å². The van der Waals surface area contributed by atoms with Gasteiger partial charge >= 0.3 is 0 Å². The second kappa shape index (κ2) is 10.1. The van der Waals surface area contributed by atoms with Crippen LogP contribution in [-0.4, -0.2) is 60.5 Å². The summed E-state index contributed by atoms with van der Waals surface area (Å²) in [6, 6.07) is 8.95. The Bertz CT molecular complexity index is 622. The minimum absolute atomic E-state index is 0. The maximum Gasteiger partial charge on any atom is 0.245 e. The number of amides is 2. The lowest BCUT2D eigenvalue weighted by Crippen LogP contribution is -2.56. The van der Waals surface area contributed by atoms with E-state index >= 15 is 0 Å². The molecule has 0 aliphatic carbocycles. The Labute approximate surface area is 167 Å². The monoisotopic (exact) mass is 395 g/mol. The molecule has 2 amide bonds. The van der Waals surface area contributed by atoms with Crippen molar-refractivity contribution in [3.05, 3.63) is 35.9 Å². The molecule has 27 heavy (non-hydrogen) atoms. The quantitative estimate of drug-likeness (QED) is 0.845. The van der Waals surface area contributed by atoms with Gasteiger partial charge in [0, 0.05) is 25.7 Å². The van der Waals surface area contributed by atoms with Crippen molar-refractivity contribution in [2.75, 3.05) is 32.8 Å². The molecule has 2 heterocycles. The first-order valence-corrected chi connectivity index (χ1v) is 9.57. The summed E-state index contributed by atoms with van der Waals surface area (Å²) >= 11 is 0. The largest absolute Gasteiger partial charge is 0.378 e. The summed E-state index contributed by atoms with van der Waals surface area (Å²) in [5, 5.41) is 0. The molecule has 0 saturated carbocycles. The van der Waals surface area contributed by atoms with Gasteiger partial charge in [0.1, 0.15) is 6.04 Å². The predicted molar refractivity (Wildman–Crippen MR) is 107 cm³/mol. The summed E-state index contributed by atoms with van der Waals surface area (Å²) in [5.41, 5.74) is 7.30.